The van der Waals surface area contributed by atoms with Crippen LogP contribution in [-0.4, -0.2) is 101 Å². The number of hydrogen-bond acceptors (Lipinski definition) is 11. The number of aliphatic hydroxyl groups excluding tert-OH is 2. The lowest BCUT2D eigenvalue weighted by Crippen LogP contribution is -2.42. The van der Waals surface area contributed by atoms with Gasteiger partial charge in [0.25, 0.3) is 0 Å². The van der Waals surface area contributed by atoms with Crippen molar-refractivity contribution in [3.8, 4) is 0 Å². The molecule has 2 fully saturated rings. The smallest absolute Gasteiger partial charge is 0.359 e. The number of anilines is 1. The third-order valence-corrected chi connectivity index (χ3v) is 8.56. The molecule has 1 saturated heterocycles. The highest BCUT2D eigenvalue weighted by Gasteiger charge is 2.51. The van der Waals surface area contributed by atoms with Gasteiger partial charge >= 0.3 is 13.6 Å². The molecule has 4 rings (SSSR count). The van der Waals surface area contributed by atoms with Crippen molar-refractivity contribution in [2.45, 2.75) is 74.4 Å². The first-order valence-electron chi connectivity index (χ1n) is 12.0. The lowest BCUT2D eigenvalue weighted by Gasteiger charge is -2.34. The summed E-state index contributed by atoms with van der Waals surface area (Å²) in [6.07, 6.45) is -1.06. The Kier molecular flexibility index (Phi) is 8.91. The van der Waals surface area contributed by atoms with E-state index in [-0.39, 0.29) is 17.0 Å². The number of nitrogens with one attached hydrogen (secondary N) is 1. The van der Waals surface area contributed by atoms with Gasteiger partial charge in [0.2, 0.25) is 5.28 Å². The second kappa shape index (κ2) is 11.7. The fourth-order valence-electron chi connectivity index (χ4n) is 4.79. The van der Waals surface area contributed by atoms with E-state index in [0.29, 0.717) is 11.2 Å². The molecule has 0 bridgehead atoms. The summed E-state index contributed by atoms with van der Waals surface area (Å²) in [5.74, 6) is -0.807. The van der Waals surface area contributed by atoms with Gasteiger partial charge in [-0.05, 0) is 24.4 Å². The van der Waals surface area contributed by atoms with E-state index in [0.717, 1.165) is 25.7 Å². The lowest BCUT2D eigenvalue weighted by molar-refractivity contribution is -0.141. The Hall–Kier alpha value is -1.94. The Morgan fingerprint density at radius 1 is 1.29 bits per heavy atom. The fourth-order valence-corrected chi connectivity index (χ4v) is 5.90. The van der Waals surface area contributed by atoms with Gasteiger partial charge in [0, 0.05) is 26.0 Å². The first kappa shape index (κ1) is 29.1. The van der Waals surface area contributed by atoms with Crippen LogP contribution in [0.4, 0.5) is 5.82 Å². The number of carboxylic acid groups (broad SMARTS) is 1. The number of carbonyl (C=O) groups is 1. The summed E-state index contributed by atoms with van der Waals surface area (Å²) >= 11 is 6.16. The highest BCUT2D eigenvalue weighted by molar-refractivity contribution is 7.53. The number of carboxylic acids is 1. The van der Waals surface area contributed by atoms with Gasteiger partial charge in [-0.15, -0.1) is 0 Å². The number of aromatic nitrogens is 4. The molecule has 38 heavy (non-hydrogen) atoms. The Morgan fingerprint density at radius 3 is 2.63 bits per heavy atom. The van der Waals surface area contributed by atoms with E-state index in [1.54, 1.807) is 0 Å². The summed E-state index contributed by atoms with van der Waals surface area (Å²) < 4.78 is 29.8. The zero-order valence-electron chi connectivity index (χ0n) is 20.5. The molecule has 5 atom stereocenters. The van der Waals surface area contributed by atoms with Gasteiger partial charge in [-0.1, -0.05) is 12.8 Å². The Morgan fingerprint density at radius 2 is 2.00 bits per heavy atom. The van der Waals surface area contributed by atoms with Crippen LogP contribution >= 0.6 is 19.2 Å². The van der Waals surface area contributed by atoms with Crippen molar-refractivity contribution < 1.29 is 48.7 Å². The van der Waals surface area contributed by atoms with E-state index in [9.17, 15) is 29.4 Å². The van der Waals surface area contributed by atoms with E-state index < -0.39 is 69.5 Å². The standard InChI is InChI=1S/C21H31ClN5O10P/c1-35-10-21(38(32,33)34,7-6-14(28)29)36-9-13-15(30)16(31)19(37-13)27-18-12(8-23-27)17(25-20(22)26-18)24-11-4-2-3-5-11/h8,11,13,15-16,19,30-31H,2-7,9-10H2,1H3,(H,28,29)(H,24,25,26)(H2,32,33,34)/t13-,15-,16-,19-,21?/m1/s1. The SMILES string of the molecule is COCC(CCC(=O)O)(OC[C@H]1O[C@@H](n2ncc3c(NC4CCCC4)nc(Cl)nc32)[C@H](O)[C@@H]1O)P(=O)(O)O. The maximum atomic E-state index is 12.3. The highest BCUT2D eigenvalue weighted by atomic mass is 35.5. The van der Waals surface area contributed by atoms with Crippen molar-refractivity contribution in [2.24, 2.45) is 0 Å². The molecule has 2 aromatic heterocycles. The first-order valence-corrected chi connectivity index (χ1v) is 14.0. The molecule has 212 valence electrons. The van der Waals surface area contributed by atoms with Crippen LogP contribution in [0.1, 0.15) is 44.8 Å². The number of nitrogens with zero attached hydrogens (tertiary/aromatic N) is 4. The minimum absolute atomic E-state index is 0.0583. The van der Waals surface area contributed by atoms with Crippen LogP contribution in [0.25, 0.3) is 11.0 Å². The normalized spacial score (nSPS) is 26.2. The zero-order valence-corrected chi connectivity index (χ0v) is 22.2. The summed E-state index contributed by atoms with van der Waals surface area (Å²) in [6.45, 7) is -1.21. The molecule has 0 radical (unpaired) electrons. The van der Waals surface area contributed by atoms with Crippen LogP contribution in [0.15, 0.2) is 6.20 Å². The van der Waals surface area contributed by atoms with E-state index >= 15 is 0 Å². The summed E-state index contributed by atoms with van der Waals surface area (Å²) in [4.78, 5) is 39.5. The maximum Gasteiger partial charge on any atom is 0.359 e. The molecule has 6 N–H and O–H groups in total. The molecular weight excluding hydrogens is 549 g/mol. The highest BCUT2D eigenvalue weighted by Crippen LogP contribution is 2.54. The molecule has 0 amide bonds. The molecule has 17 heteroatoms. The van der Waals surface area contributed by atoms with Gasteiger partial charge in [-0.25, -0.2) is 4.68 Å². The minimum atomic E-state index is -5.06. The zero-order chi connectivity index (χ0) is 27.7. The van der Waals surface area contributed by atoms with Gasteiger partial charge in [0.1, 0.15) is 24.1 Å². The quantitative estimate of drug-likeness (QED) is 0.152. The summed E-state index contributed by atoms with van der Waals surface area (Å²) in [7, 11) is -3.88. The van der Waals surface area contributed by atoms with Gasteiger partial charge in [0.15, 0.2) is 17.2 Å². The molecule has 2 aliphatic rings. The van der Waals surface area contributed by atoms with Crippen LogP contribution in [0.5, 0.6) is 0 Å². The molecule has 1 aliphatic carbocycles. The van der Waals surface area contributed by atoms with Crippen molar-refractivity contribution in [1.82, 2.24) is 19.7 Å². The van der Waals surface area contributed by atoms with E-state index in [1.165, 1.54) is 18.0 Å². The van der Waals surface area contributed by atoms with Crippen molar-refractivity contribution >= 4 is 42.0 Å². The molecule has 1 aliphatic heterocycles. The summed E-state index contributed by atoms with van der Waals surface area (Å²) in [6, 6.07) is 0.228. The van der Waals surface area contributed by atoms with Gasteiger partial charge in [-0.2, -0.15) is 15.1 Å². The summed E-state index contributed by atoms with van der Waals surface area (Å²) in [5.41, 5.74) is 0.244. The monoisotopic (exact) mass is 579 g/mol. The largest absolute Gasteiger partial charge is 0.481 e. The third-order valence-electron chi connectivity index (χ3n) is 6.85. The van der Waals surface area contributed by atoms with Crippen molar-refractivity contribution in [3.63, 3.8) is 0 Å². The van der Waals surface area contributed by atoms with Crippen LogP contribution < -0.4 is 5.32 Å². The van der Waals surface area contributed by atoms with Crippen molar-refractivity contribution in [1.29, 1.82) is 0 Å². The first-order chi connectivity index (χ1) is 18.0. The predicted octanol–water partition coefficient (Wildman–Crippen LogP) is 0.855. The molecule has 1 saturated carbocycles. The summed E-state index contributed by atoms with van der Waals surface area (Å²) in [5, 5.41) is 36.2. The van der Waals surface area contributed by atoms with E-state index in [4.69, 9.17) is 30.9 Å². The van der Waals surface area contributed by atoms with Gasteiger partial charge < -0.3 is 44.6 Å². The number of fused-ring (bicyclic) bond motifs is 1. The average molecular weight is 580 g/mol. The number of hydrogen-bond donors (Lipinski definition) is 6. The molecule has 0 spiro atoms. The Bertz CT molecular complexity index is 1190. The molecule has 1 unspecified atom stereocenters. The van der Waals surface area contributed by atoms with Crippen LogP contribution in [-0.2, 0) is 23.6 Å². The van der Waals surface area contributed by atoms with Crippen LogP contribution in [0, 0.1) is 0 Å². The molecule has 0 aromatic carbocycles. The van der Waals surface area contributed by atoms with Crippen LogP contribution in [0.3, 0.4) is 0 Å². The predicted molar refractivity (Wildman–Crippen MR) is 132 cm³/mol. The van der Waals surface area contributed by atoms with Gasteiger partial charge in [0.05, 0.1) is 24.8 Å². The number of rotatable bonds is 12. The van der Waals surface area contributed by atoms with E-state index in [1.807, 2.05) is 0 Å². The number of aliphatic carboxylic acids is 1. The average Bonchev–Trinajstić information content (AvgIpc) is 3.56. The fraction of sp³-hybridized carbons (Fsp3) is 0.714. The molecule has 3 heterocycles. The second-order valence-electron chi connectivity index (χ2n) is 9.47. The van der Waals surface area contributed by atoms with E-state index in [2.05, 4.69) is 20.4 Å². The number of ether oxygens (including phenoxy) is 3. The lowest BCUT2D eigenvalue weighted by atomic mass is 10.1. The Balaban J connectivity index is 1.55. The third kappa shape index (κ3) is 5.96. The Labute approximate surface area is 222 Å². The topological polar surface area (TPSA) is 219 Å². The van der Waals surface area contributed by atoms with Crippen LogP contribution in [0.2, 0.25) is 5.28 Å². The van der Waals surface area contributed by atoms with Crippen molar-refractivity contribution in [3.05, 3.63) is 11.5 Å². The number of methoxy groups -OCH3 is 1. The van der Waals surface area contributed by atoms with Crippen molar-refractivity contribution in [2.75, 3.05) is 25.6 Å². The molecular formula is C21H31ClN5O10P. The number of halogens is 1. The second-order valence-corrected chi connectivity index (χ2v) is 11.7. The maximum absolute atomic E-state index is 12.3. The molecule has 15 nitrogen and oxygen atoms in total. The minimum Gasteiger partial charge on any atom is -0.481 e. The number of aliphatic hydroxyl groups is 2. The molecule has 2 aromatic rings. The van der Waals surface area contributed by atoms with Gasteiger partial charge in [-0.3, -0.25) is 9.36 Å².